The Bertz CT molecular complexity index is 785. The molecule has 100 valence electrons. The molecule has 1 aromatic heterocycles. The van der Waals surface area contributed by atoms with Gasteiger partial charge in [0, 0.05) is 16.6 Å². The summed E-state index contributed by atoms with van der Waals surface area (Å²) in [4.78, 5) is 14.2. The summed E-state index contributed by atoms with van der Waals surface area (Å²) in [6.07, 6.45) is 0. The largest absolute Gasteiger partial charge is 0.478 e. The van der Waals surface area contributed by atoms with E-state index in [-0.39, 0.29) is 5.56 Å². The second-order valence-corrected chi connectivity index (χ2v) is 5.24. The van der Waals surface area contributed by atoms with Crippen LogP contribution in [0.3, 0.4) is 0 Å². The molecule has 0 radical (unpaired) electrons. The Hall–Kier alpha value is -1.97. The highest BCUT2D eigenvalue weighted by atomic mass is 35.5. The average Bonchev–Trinajstić information content (AvgIpc) is 2.82. The van der Waals surface area contributed by atoms with E-state index < -0.39 is 5.97 Å². The summed E-state index contributed by atoms with van der Waals surface area (Å²) >= 11 is 12.0. The van der Waals surface area contributed by atoms with Crippen LogP contribution in [0.1, 0.15) is 10.4 Å². The predicted octanol–water partition coefficient (Wildman–Crippen LogP) is 4.84. The minimum absolute atomic E-state index is 0.247. The van der Waals surface area contributed by atoms with Crippen LogP contribution in [0.25, 0.3) is 22.2 Å². The van der Waals surface area contributed by atoms with Crippen molar-refractivity contribution >= 4 is 40.1 Å². The molecule has 0 unspecified atom stereocenters. The lowest BCUT2D eigenvalue weighted by atomic mass is 10.1. The molecule has 0 atom stereocenters. The second kappa shape index (κ2) is 4.85. The lowest BCUT2D eigenvalue weighted by Gasteiger charge is -1.99. The van der Waals surface area contributed by atoms with E-state index in [4.69, 9.17) is 28.3 Å². The van der Waals surface area contributed by atoms with Gasteiger partial charge in [0.15, 0.2) is 0 Å². The SMILES string of the molecule is O=C(O)c1cccc(-c2cc3cc(Cl)c(Cl)cc3[nH]2)c1. The van der Waals surface area contributed by atoms with Crippen molar-refractivity contribution in [2.75, 3.05) is 0 Å². The Morgan fingerprint density at radius 2 is 1.80 bits per heavy atom. The van der Waals surface area contributed by atoms with Crippen LogP contribution in [0.15, 0.2) is 42.5 Å². The summed E-state index contributed by atoms with van der Waals surface area (Å²) in [5.41, 5.74) is 2.72. The summed E-state index contributed by atoms with van der Waals surface area (Å²) in [6.45, 7) is 0. The maximum Gasteiger partial charge on any atom is 0.335 e. The highest BCUT2D eigenvalue weighted by Gasteiger charge is 2.09. The average molecular weight is 306 g/mol. The van der Waals surface area contributed by atoms with Crippen molar-refractivity contribution in [3.63, 3.8) is 0 Å². The van der Waals surface area contributed by atoms with Crippen molar-refractivity contribution in [2.24, 2.45) is 0 Å². The number of fused-ring (bicyclic) bond motifs is 1. The number of H-pyrrole nitrogens is 1. The Balaban J connectivity index is 2.15. The molecule has 0 amide bonds. The molecule has 1 heterocycles. The summed E-state index contributed by atoms with van der Waals surface area (Å²) in [6, 6.07) is 12.2. The predicted molar refractivity (Wildman–Crippen MR) is 80.7 cm³/mol. The van der Waals surface area contributed by atoms with Gasteiger partial charge in [0.25, 0.3) is 0 Å². The van der Waals surface area contributed by atoms with E-state index in [1.165, 1.54) is 0 Å². The number of aromatic amines is 1. The summed E-state index contributed by atoms with van der Waals surface area (Å²) in [5, 5.41) is 10.9. The first-order valence-electron chi connectivity index (χ1n) is 5.86. The van der Waals surface area contributed by atoms with E-state index in [9.17, 15) is 4.79 Å². The van der Waals surface area contributed by atoms with Gasteiger partial charge in [0.2, 0.25) is 0 Å². The van der Waals surface area contributed by atoms with Crippen LogP contribution in [0.2, 0.25) is 10.0 Å². The zero-order valence-electron chi connectivity index (χ0n) is 10.2. The normalized spacial score (nSPS) is 10.9. The Kier molecular flexibility index (Phi) is 3.16. The van der Waals surface area contributed by atoms with Gasteiger partial charge >= 0.3 is 5.97 Å². The third-order valence-electron chi connectivity index (χ3n) is 3.08. The van der Waals surface area contributed by atoms with Gasteiger partial charge < -0.3 is 10.1 Å². The molecule has 0 saturated carbocycles. The Morgan fingerprint density at radius 3 is 2.55 bits per heavy atom. The highest BCUT2D eigenvalue weighted by molar-refractivity contribution is 6.42. The number of carboxylic acids is 1. The van der Waals surface area contributed by atoms with Crippen LogP contribution >= 0.6 is 23.2 Å². The first-order valence-corrected chi connectivity index (χ1v) is 6.62. The number of hydrogen-bond acceptors (Lipinski definition) is 1. The molecule has 5 heteroatoms. The molecule has 2 N–H and O–H groups in total. The lowest BCUT2D eigenvalue weighted by molar-refractivity contribution is 0.0697. The maximum atomic E-state index is 11.0. The third kappa shape index (κ3) is 2.26. The quantitative estimate of drug-likeness (QED) is 0.711. The Labute approximate surface area is 124 Å². The molecule has 0 aliphatic carbocycles. The highest BCUT2D eigenvalue weighted by Crippen LogP contribution is 2.31. The van der Waals surface area contributed by atoms with Gasteiger partial charge in [-0.15, -0.1) is 0 Å². The van der Waals surface area contributed by atoms with E-state index in [1.807, 2.05) is 12.1 Å². The molecule has 0 aliphatic rings. The summed E-state index contributed by atoms with van der Waals surface area (Å²) in [5.74, 6) is -0.950. The van der Waals surface area contributed by atoms with Gasteiger partial charge in [-0.2, -0.15) is 0 Å². The van der Waals surface area contributed by atoms with E-state index in [0.717, 1.165) is 22.2 Å². The van der Waals surface area contributed by atoms with Gasteiger partial charge in [0.1, 0.15) is 0 Å². The van der Waals surface area contributed by atoms with Crippen LogP contribution in [-0.2, 0) is 0 Å². The first kappa shape index (κ1) is 13.0. The van der Waals surface area contributed by atoms with Gasteiger partial charge in [-0.1, -0.05) is 35.3 Å². The molecule has 20 heavy (non-hydrogen) atoms. The van der Waals surface area contributed by atoms with Crippen LogP contribution in [0.5, 0.6) is 0 Å². The molecule has 0 saturated heterocycles. The van der Waals surface area contributed by atoms with Crippen LogP contribution < -0.4 is 0 Å². The molecular weight excluding hydrogens is 297 g/mol. The number of hydrogen-bond donors (Lipinski definition) is 2. The minimum Gasteiger partial charge on any atom is -0.478 e. The fourth-order valence-electron chi connectivity index (χ4n) is 2.10. The molecule has 0 bridgehead atoms. The topological polar surface area (TPSA) is 53.1 Å². The van der Waals surface area contributed by atoms with Crippen molar-refractivity contribution in [1.29, 1.82) is 0 Å². The standard InChI is InChI=1S/C15H9Cl2NO2/c16-11-5-10-6-13(18-14(10)7-12(11)17)8-2-1-3-9(4-8)15(19)20/h1-7,18H,(H,19,20). The van der Waals surface area contributed by atoms with Crippen molar-refractivity contribution in [2.45, 2.75) is 0 Å². The second-order valence-electron chi connectivity index (χ2n) is 4.42. The van der Waals surface area contributed by atoms with E-state index in [2.05, 4.69) is 4.98 Å². The molecular formula is C15H9Cl2NO2. The van der Waals surface area contributed by atoms with Gasteiger partial charge in [-0.25, -0.2) is 4.79 Å². The van der Waals surface area contributed by atoms with Crippen molar-refractivity contribution in [3.8, 4) is 11.3 Å². The van der Waals surface area contributed by atoms with Crippen LogP contribution in [0.4, 0.5) is 0 Å². The Morgan fingerprint density at radius 1 is 1.05 bits per heavy atom. The molecule has 2 aromatic carbocycles. The third-order valence-corrected chi connectivity index (χ3v) is 3.80. The number of rotatable bonds is 2. The summed E-state index contributed by atoms with van der Waals surface area (Å²) < 4.78 is 0. The van der Waals surface area contributed by atoms with Crippen LogP contribution in [-0.4, -0.2) is 16.1 Å². The fraction of sp³-hybridized carbons (Fsp3) is 0. The zero-order valence-corrected chi connectivity index (χ0v) is 11.7. The molecule has 3 nitrogen and oxygen atoms in total. The molecule has 0 spiro atoms. The van der Waals surface area contributed by atoms with Crippen molar-refractivity contribution in [1.82, 2.24) is 4.98 Å². The molecule has 0 fully saturated rings. The fourth-order valence-corrected chi connectivity index (χ4v) is 2.44. The minimum atomic E-state index is -0.950. The monoisotopic (exact) mass is 305 g/mol. The van der Waals surface area contributed by atoms with E-state index >= 15 is 0 Å². The molecule has 3 aromatic rings. The molecule has 0 aliphatic heterocycles. The number of benzene rings is 2. The summed E-state index contributed by atoms with van der Waals surface area (Å²) in [7, 11) is 0. The number of halogens is 2. The number of aromatic carboxylic acids is 1. The smallest absolute Gasteiger partial charge is 0.335 e. The number of nitrogens with one attached hydrogen (secondary N) is 1. The number of aromatic nitrogens is 1. The maximum absolute atomic E-state index is 11.0. The first-order chi connectivity index (χ1) is 9.54. The number of carboxylic acid groups (broad SMARTS) is 1. The van der Waals surface area contributed by atoms with Crippen molar-refractivity contribution < 1.29 is 9.90 Å². The lowest BCUT2D eigenvalue weighted by Crippen LogP contribution is -1.95. The van der Waals surface area contributed by atoms with E-state index in [0.29, 0.717) is 10.0 Å². The van der Waals surface area contributed by atoms with Gasteiger partial charge in [0.05, 0.1) is 15.6 Å². The number of carbonyl (C=O) groups is 1. The molecule has 3 rings (SSSR count). The zero-order chi connectivity index (χ0) is 14.3. The van der Waals surface area contributed by atoms with Gasteiger partial charge in [-0.3, -0.25) is 0 Å². The van der Waals surface area contributed by atoms with Gasteiger partial charge in [-0.05, 0) is 35.9 Å². The van der Waals surface area contributed by atoms with E-state index in [1.54, 1.807) is 30.3 Å². The van der Waals surface area contributed by atoms with Crippen LogP contribution in [0, 0.1) is 0 Å². The van der Waals surface area contributed by atoms with Crippen molar-refractivity contribution in [3.05, 3.63) is 58.1 Å².